The van der Waals surface area contributed by atoms with E-state index in [1.54, 1.807) is 6.20 Å². The number of H-pyrrole nitrogens is 2. The maximum atomic E-state index is 4.69. The molecule has 214 valence electrons. The molecular weight excluding hydrogens is 518 g/mol. The van der Waals surface area contributed by atoms with Gasteiger partial charge >= 0.3 is 0 Å². The van der Waals surface area contributed by atoms with Gasteiger partial charge < -0.3 is 15.6 Å². The SMILES string of the molecule is C=C/C(=C\C(=C/C)C(=C)/C=c1/c(-c2cc3c(-c4cccnc4)cncc3[nH]2)n[nH]/c1=C/C)NC(=C)CC1CCNCC1. The normalized spacial score (nSPS) is 15.8. The highest BCUT2D eigenvalue weighted by Gasteiger charge is 2.15. The van der Waals surface area contributed by atoms with E-state index in [9.17, 15) is 0 Å². The van der Waals surface area contributed by atoms with Gasteiger partial charge in [0.25, 0.3) is 0 Å². The summed E-state index contributed by atoms with van der Waals surface area (Å²) in [6.07, 6.45) is 20.7. The molecule has 4 aromatic heterocycles. The van der Waals surface area contributed by atoms with Gasteiger partial charge in [-0.05, 0) is 93.6 Å². The van der Waals surface area contributed by atoms with Crippen LogP contribution in [-0.4, -0.2) is 38.2 Å². The molecular formula is C35H39N7. The minimum Gasteiger partial charge on any atom is -0.359 e. The Morgan fingerprint density at radius 2 is 1.95 bits per heavy atom. The van der Waals surface area contributed by atoms with Crippen LogP contribution in [0.1, 0.15) is 33.1 Å². The first kappa shape index (κ1) is 28.8. The number of hydrogen-bond acceptors (Lipinski definition) is 5. The highest BCUT2D eigenvalue weighted by molar-refractivity contribution is 5.97. The van der Waals surface area contributed by atoms with Gasteiger partial charge in [0.15, 0.2) is 0 Å². The van der Waals surface area contributed by atoms with Crippen molar-refractivity contribution >= 4 is 23.1 Å². The van der Waals surface area contributed by atoms with E-state index in [2.05, 4.69) is 74.7 Å². The fourth-order valence-corrected chi connectivity index (χ4v) is 5.49. The third-order valence-electron chi connectivity index (χ3n) is 7.74. The molecule has 0 aliphatic carbocycles. The predicted octanol–water partition coefficient (Wildman–Crippen LogP) is 5.66. The summed E-state index contributed by atoms with van der Waals surface area (Å²) >= 11 is 0. The van der Waals surface area contributed by atoms with Crippen molar-refractivity contribution in [3.63, 3.8) is 0 Å². The largest absolute Gasteiger partial charge is 0.359 e. The molecule has 4 aromatic rings. The van der Waals surface area contributed by atoms with E-state index in [1.165, 1.54) is 12.8 Å². The molecule has 0 saturated carbocycles. The predicted molar refractivity (Wildman–Crippen MR) is 174 cm³/mol. The van der Waals surface area contributed by atoms with Gasteiger partial charge in [0.2, 0.25) is 0 Å². The molecule has 0 aromatic carbocycles. The summed E-state index contributed by atoms with van der Waals surface area (Å²) in [7, 11) is 0. The van der Waals surface area contributed by atoms with Crippen LogP contribution in [-0.2, 0) is 0 Å². The van der Waals surface area contributed by atoms with Crippen molar-refractivity contribution in [2.75, 3.05) is 13.1 Å². The smallest absolute Gasteiger partial charge is 0.116 e. The molecule has 0 bridgehead atoms. The lowest BCUT2D eigenvalue weighted by Crippen LogP contribution is -2.28. The van der Waals surface area contributed by atoms with Gasteiger partial charge in [0.05, 0.1) is 22.8 Å². The Hall–Kier alpha value is -4.75. The lowest BCUT2D eigenvalue weighted by Gasteiger charge is -2.24. The van der Waals surface area contributed by atoms with Crippen molar-refractivity contribution < 1.29 is 0 Å². The van der Waals surface area contributed by atoms with Gasteiger partial charge in [-0.15, -0.1) is 0 Å². The third-order valence-corrected chi connectivity index (χ3v) is 7.74. The van der Waals surface area contributed by atoms with Crippen LogP contribution in [0, 0.1) is 5.92 Å². The van der Waals surface area contributed by atoms with Crippen LogP contribution in [0.2, 0.25) is 0 Å². The van der Waals surface area contributed by atoms with E-state index in [1.807, 2.05) is 56.7 Å². The maximum Gasteiger partial charge on any atom is 0.116 e. The molecule has 0 radical (unpaired) electrons. The number of nitrogens with zero attached hydrogens (tertiary/aromatic N) is 3. The third kappa shape index (κ3) is 6.42. The van der Waals surface area contributed by atoms with Crippen LogP contribution in [0.4, 0.5) is 0 Å². The van der Waals surface area contributed by atoms with Crippen LogP contribution >= 0.6 is 0 Å². The average Bonchev–Trinajstić information content (AvgIpc) is 3.63. The molecule has 7 heteroatoms. The molecule has 5 rings (SSSR count). The van der Waals surface area contributed by atoms with E-state index in [4.69, 9.17) is 5.10 Å². The maximum absolute atomic E-state index is 4.69. The van der Waals surface area contributed by atoms with Crippen molar-refractivity contribution in [1.29, 1.82) is 0 Å². The summed E-state index contributed by atoms with van der Waals surface area (Å²) in [5.41, 5.74) is 8.44. The van der Waals surface area contributed by atoms with E-state index in [0.717, 1.165) is 86.0 Å². The lowest BCUT2D eigenvalue weighted by molar-refractivity contribution is 0.368. The molecule has 1 fully saturated rings. The number of fused-ring (bicyclic) bond motifs is 1. The van der Waals surface area contributed by atoms with Crippen LogP contribution in [0.5, 0.6) is 0 Å². The quantitative estimate of drug-likeness (QED) is 0.189. The zero-order chi connectivity index (χ0) is 29.5. The van der Waals surface area contributed by atoms with Crippen molar-refractivity contribution in [3.8, 4) is 22.5 Å². The molecule has 0 spiro atoms. The zero-order valence-electron chi connectivity index (χ0n) is 24.5. The number of aromatic nitrogens is 5. The second kappa shape index (κ2) is 13.3. The molecule has 0 unspecified atom stereocenters. The zero-order valence-corrected chi connectivity index (χ0v) is 24.5. The van der Waals surface area contributed by atoms with E-state index in [-0.39, 0.29) is 0 Å². The van der Waals surface area contributed by atoms with Gasteiger partial charge in [-0.25, -0.2) is 0 Å². The van der Waals surface area contributed by atoms with Crippen molar-refractivity contribution in [1.82, 2.24) is 35.8 Å². The first-order valence-corrected chi connectivity index (χ1v) is 14.5. The average molecular weight is 558 g/mol. The van der Waals surface area contributed by atoms with Gasteiger partial charge in [-0.2, -0.15) is 5.10 Å². The first-order chi connectivity index (χ1) is 20.5. The summed E-state index contributed by atoms with van der Waals surface area (Å²) in [6, 6.07) is 6.10. The summed E-state index contributed by atoms with van der Waals surface area (Å²) in [4.78, 5) is 12.3. The summed E-state index contributed by atoms with van der Waals surface area (Å²) in [5, 5.41) is 17.7. The van der Waals surface area contributed by atoms with Crippen LogP contribution in [0.3, 0.4) is 0 Å². The summed E-state index contributed by atoms with van der Waals surface area (Å²) in [6.45, 7) is 18.9. The highest BCUT2D eigenvalue weighted by atomic mass is 15.1. The first-order valence-electron chi connectivity index (χ1n) is 14.5. The Kier molecular flexibility index (Phi) is 9.09. The van der Waals surface area contributed by atoms with E-state index < -0.39 is 0 Å². The van der Waals surface area contributed by atoms with Crippen molar-refractivity contribution in [2.24, 2.45) is 5.92 Å². The van der Waals surface area contributed by atoms with Gasteiger partial charge in [-0.1, -0.05) is 38.0 Å². The van der Waals surface area contributed by atoms with Crippen molar-refractivity contribution in [2.45, 2.75) is 33.1 Å². The van der Waals surface area contributed by atoms with Gasteiger partial charge in [0, 0.05) is 51.7 Å². The van der Waals surface area contributed by atoms with E-state index in [0.29, 0.717) is 5.92 Å². The molecule has 1 aliphatic rings. The Bertz CT molecular complexity index is 1780. The minimum atomic E-state index is 0.658. The second-order valence-electron chi connectivity index (χ2n) is 10.6. The lowest BCUT2D eigenvalue weighted by atomic mass is 9.93. The molecule has 5 heterocycles. The topological polar surface area (TPSA) is 94.3 Å². The van der Waals surface area contributed by atoms with Gasteiger partial charge in [0.1, 0.15) is 5.69 Å². The fourth-order valence-electron chi connectivity index (χ4n) is 5.49. The number of allylic oxidation sites excluding steroid dienone is 6. The highest BCUT2D eigenvalue weighted by Crippen LogP contribution is 2.30. The Balaban J connectivity index is 1.45. The fraction of sp³-hybridized carbons (Fsp3) is 0.229. The number of rotatable bonds is 10. The molecule has 42 heavy (non-hydrogen) atoms. The molecule has 0 atom stereocenters. The number of hydrogen-bond donors (Lipinski definition) is 4. The molecule has 1 saturated heterocycles. The molecule has 4 N–H and O–H groups in total. The Morgan fingerprint density at radius 1 is 1.12 bits per heavy atom. The van der Waals surface area contributed by atoms with E-state index >= 15 is 0 Å². The van der Waals surface area contributed by atoms with Crippen LogP contribution in [0.25, 0.3) is 45.6 Å². The standard InChI is InChI=1S/C35H39N7/c1-6-26(18-28(7-2)39-24(5)17-25-11-14-36-15-12-25)23(4)16-30-32(8-3)41-42-35(30)33-19-29-31(21-38-22-34(29)40-33)27-10-9-13-37-20-27/h6-10,13,16,18-22,25,36,39-41H,2,4-5,11-12,14-15,17H2,1,3H3/b26-6+,28-18+,30-16+,32-8+. The monoisotopic (exact) mass is 557 g/mol. The number of pyridine rings is 2. The second-order valence-corrected chi connectivity index (χ2v) is 10.6. The summed E-state index contributed by atoms with van der Waals surface area (Å²) in [5.74, 6) is 0.658. The van der Waals surface area contributed by atoms with Crippen LogP contribution in [0.15, 0.2) is 103 Å². The minimum absolute atomic E-state index is 0.658. The molecule has 1 aliphatic heterocycles. The Labute approximate surface area is 247 Å². The van der Waals surface area contributed by atoms with Crippen molar-refractivity contribution in [3.05, 3.63) is 114 Å². The number of aromatic amines is 2. The van der Waals surface area contributed by atoms with Crippen LogP contribution < -0.4 is 21.2 Å². The number of nitrogens with one attached hydrogen (secondary N) is 4. The summed E-state index contributed by atoms with van der Waals surface area (Å²) < 4.78 is 0. The number of piperidine rings is 1. The van der Waals surface area contributed by atoms with Gasteiger partial charge in [-0.3, -0.25) is 15.1 Å². The molecule has 7 nitrogen and oxygen atoms in total. The molecule has 0 amide bonds. The Morgan fingerprint density at radius 3 is 2.67 bits per heavy atom.